The van der Waals surface area contributed by atoms with Crippen LogP contribution in [-0.4, -0.2) is 38.6 Å². The average molecular weight is 438 g/mol. The summed E-state index contributed by atoms with van der Waals surface area (Å²) < 4.78 is 41.8. The molecule has 3 aromatic rings. The fourth-order valence-electron chi connectivity index (χ4n) is 3.68. The molecule has 0 saturated carbocycles. The van der Waals surface area contributed by atoms with E-state index in [1.54, 1.807) is 29.2 Å². The van der Waals surface area contributed by atoms with E-state index < -0.39 is 18.0 Å². The first-order chi connectivity index (χ1) is 14.2. The Labute approximate surface area is 175 Å². The molecule has 3 heterocycles. The summed E-state index contributed by atoms with van der Waals surface area (Å²) in [6.07, 6.45) is -2.39. The van der Waals surface area contributed by atoms with Crippen LogP contribution >= 0.6 is 11.6 Å². The molecule has 0 unspecified atom stereocenters. The van der Waals surface area contributed by atoms with Gasteiger partial charge < -0.3 is 14.8 Å². The number of halogens is 4. The first kappa shape index (κ1) is 20.5. The van der Waals surface area contributed by atoms with Crippen LogP contribution in [-0.2, 0) is 6.18 Å². The van der Waals surface area contributed by atoms with Gasteiger partial charge in [0, 0.05) is 36.0 Å². The van der Waals surface area contributed by atoms with Crippen LogP contribution in [0.2, 0.25) is 5.02 Å². The number of nitrogens with one attached hydrogen (secondary N) is 1. The average Bonchev–Trinajstić information content (AvgIpc) is 3.11. The number of aromatic nitrogens is 3. The van der Waals surface area contributed by atoms with Crippen LogP contribution in [0, 0.1) is 6.92 Å². The third kappa shape index (κ3) is 3.94. The number of piperidine rings is 1. The molecule has 1 aliphatic heterocycles. The van der Waals surface area contributed by atoms with Gasteiger partial charge in [-0.3, -0.25) is 0 Å². The molecule has 2 aromatic heterocycles. The van der Waals surface area contributed by atoms with Crippen LogP contribution in [0.3, 0.4) is 0 Å². The lowest BCUT2D eigenvalue weighted by molar-refractivity contribution is -0.147. The van der Waals surface area contributed by atoms with Gasteiger partial charge in [-0.2, -0.15) is 13.2 Å². The van der Waals surface area contributed by atoms with E-state index in [2.05, 4.69) is 15.3 Å². The Bertz CT molecular complexity index is 1090. The molecule has 0 atom stereocenters. The minimum absolute atomic E-state index is 0.209. The monoisotopic (exact) mass is 437 g/mol. The van der Waals surface area contributed by atoms with E-state index in [0.29, 0.717) is 36.6 Å². The van der Waals surface area contributed by atoms with Crippen molar-refractivity contribution < 1.29 is 18.0 Å². The zero-order valence-electron chi connectivity index (χ0n) is 16.1. The first-order valence-electron chi connectivity index (χ1n) is 9.46. The minimum Gasteiger partial charge on any atom is -0.324 e. The number of fused-ring (bicyclic) bond motifs is 1. The van der Waals surface area contributed by atoms with E-state index in [0.717, 1.165) is 5.56 Å². The van der Waals surface area contributed by atoms with Gasteiger partial charge in [-0.05, 0) is 49.6 Å². The van der Waals surface area contributed by atoms with Crippen molar-refractivity contribution in [1.82, 2.24) is 19.4 Å². The minimum atomic E-state index is -4.58. The van der Waals surface area contributed by atoms with Gasteiger partial charge in [-0.25, -0.2) is 14.8 Å². The molecule has 4 rings (SSSR count). The molecule has 0 radical (unpaired) electrons. The van der Waals surface area contributed by atoms with Crippen molar-refractivity contribution in [2.45, 2.75) is 32.0 Å². The molecule has 10 heteroatoms. The second-order valence-corrected chi connectivity index (χ2v) is 7.67. The SMILES string of the molecule is Cc1ccc(NC(=O)N2CCC(n3c(C(F)(F)F)nc4cccnc43)CC2)cc1Cl. The van der Waals surface area contributed by atoms with Crippen molar-refractivity contribution in [2.24, 2.45) is 0 Å². The second kappa shape index (κ2) is 7.79. The number of hydrogen-bond acceptors (Lipinski definition) is 3. The maximum absolute atomic E-state index is 13.6. The smallest absolute Gasteiger partial charge is 0.324 e. The molecule has 6 nitrogen and oxygen atoms in total. The van der Waals surface area contributed by atoms with Crippen LogP contribution < -0.4 is 5.32 Å². The number of amides is 2. The van der Waals surface area contributed by atoms with Crippen LogP contribution in [0.15, 0.2) is 36.5 Å². The zero-order valence-corrected chi connectivity index (χ0v) is 16.8. The molecule has 1 aromatic carbocycles. The molecule has 1 saturated heterocycles. The number of imidazole rings is 1. The van der Waals surface area contributed by atoms with Gasteiger partial charge in [0.2, 0.25) is 5.82 Å². The molecule has 1 fully saturated rings. The predicted molar refractivity (Wildman–Crippen MR) is 108 cm³/mol. The van der Waals surface area contributed by atoms with E-state index in [4.69, 9.17) is 11.6 Å². The number of nitrogens with zero attached hydrogens (tertiary/aromatic N) is 4. The number of hydrogen-bond donors (Lipinski definition) is 1. The van der Waals surface area contributed by atoms with Crippen molar-refractivity contribution in [1.29, 1.82) is 0 Å². The predicted octanol–water partition coefficient (Wildman–Crippen LogP) is 5.28. The van der Waals surface area contributed by atoms with Crippen LogP contribution in [0.4, 0.5) is 23.7 Å². The Hall–Kier alpha value is -2.81. The third-order valence-corrected chi connectivity index (χ3v) is 5.65. The summed E-state index contributed by atoms with van der Waals surface area (Å²) in [5, 5.41) is 3.33. The summed E-state index contributed by atoms with van der Waals surface area (Å²) in [5.41, 5.74) is 1.89. The number of likely N-dealkylation sites (tertiary alicyclic amines) is 1. The van der Waals surface area contributed by atoms with E-state index in [1.165, 1.54) is 16.8 Å². The highest BCUT2D eigenvalue weighted by atomic mass is 35.5. The van der Waals surface area contributed by atoms with Gasteiger partial charge in [0.15, 0.2) is 5.65 Å². The van der Waals surface area contributed by atoms with E-state index in [-0.39, 0.29) is 17.2 Å². The summed E-state index contributed by atoms with van der Waals surface area (Å²) in [5.74, 6) is -0.951. The summed E-state index contributed by atoms with van der Waals surface area (Å²) >= 11 is 6.09. The van der Waals surface area contributed by atoms with Gasteiger partial charge in [0.05, 0.1) is 0 Å². The van der Waals surface area contributed by atoms with E-state index >= 15 is 0 Å². The number of rotatable bonds is 2. The van der Waals surface area contributed by atoms with Gasteiger partial charge in [-0.15, -0.1) is 0 Å². The van der Waals surface area contributed by atoms with Gasteiger partial charge >= 0.3 is 12.2 Å². The molecule has 0 bridgehead atoms. The molecule has 158 valence electrons. The molecule has 0 spiro atoms. The Morgan fingerprint density at radius 1 is 1.23 bits per heavy atom. The van der Waals surface area contributed by atoms with Crippen molar-refractivity contribution in [3.63, 3.8) is 0 Å². The molecule has 0 aliphatic carbocycles. The van der Waals surface area contributed by atoms with Crippen molar-refractivity contribution >= 4 is 34.5 Å². The third-order valence-electron chi connectivity index (χ3n) is 5.24. The lowest BCUT2D eigenvalue weighted by Crippen LogP contribution is -2.42. The molecule has 2 amide bonds. The molecule has 1 aliphatic rings. The lowest BCUT2D eigenvalue weighted by Gasteiger charge is -2.33. The summed E-state index contributed by atoms with van der Waals surface area (Å²) in [6, 6.07) is 7.55. The maximum atomic E-state index is 13.6. The lowest BCUT2D eigenvalue weighted by atomic mass is 10.0. The number of urea groups is 1. The maximum Gasteiger partial charge on any atom is 0.449 e. The van der Waals surface area contributed by atoms with Crippen molar-refractivity contribution in [3.8, 4) is 0 Å². The quantitative estimate of drug-likeness (QED) is 0.593. The Kier molecular flexibility index (Phi) is 5.31. The van der Waals surface area contributed by atoms with Crippen LogP contribution in [0.25, 0.3) is 11.2 Å². The van der Waals surface area contributed by atoms with E-state index in [9.17, 15) is 18.0 Å². The van der Waals surface area contributed by atoms with Crippen LogP contribution in [0.1, 0.15) is 30.3 Å². The van der Waals surface area contributed by atoms with Crippen molar-refractivity contribution in [3.05, 3.63) is 52.9 Å². The summed E-state index contributed by atoms with van der Waals surface area (Å²) in [6.45, 7) is 2.50. The van der Waals surface area contributed by atoms with Crippen LogP contribution in [0.5, 0.6) is 0 Å². The number of anilines is 1. The molecule has 1 N–H and O–H groups in total. The van der Waals surface area contributed by atoms with E-state index in [1.807, 2.05) is 6.92 Å². The van der Waals surface area contributed by atoms with Gasteiger partial charge in [-0.1, -0.05) is 17.7 Å². The number of aryl methyl sites for hydroxylation is 1. The number of benzene rings is 1. The summed E-state index contributed by atoms with van der Waals surface area (Å²) in [4.78, 5) is 22.0. The largest absolute Gasteiger partial charge is 0.449 e. The number of carbonyl (C=O) groups excluding carboxylic acids is 1. The molecule has 30 heavy (non-hydrogen) atoms. The zero-order chi connectivity index (χ0) is 21.5. The molecular weight excluding hydrogens is 419 g/mol. The highest BCUT2D eigenvalue weighted by Crippen LogP contribution is 2.36. The number of alkyl halides is 3. The highest BCUT2D eigenvalue weighted by Gasteiger charge is 2.40. The standard InChI is InChI=1S/C20H19ClF3N5O/c1-12-4-5-13(11-15(12)21)26-19(30)28-9-6-14(7-10-28)29-17-16(3-2-8-25-17)27-18(29)20(22,23)24/h2-5,8,11,14H,6-7,9-10H2,1H3,(H,26,30). The normalized spacial score (nSPS) is 15.6. The Morgan fingerprint density at radius 3 is 2.63 bits per heavy atom. The fraction of sp³-hybridized carbons (Fsp3) is 0.350. The van der Waals surface area contributed by atoms with Gasteiger partial charge in [0.25, 0.3) is 0 Å². The second-order valence-electron chi connectivity index (χ2n) is 7.26. The Morgan fingerprint density at radius 2 is 1.97 bits per heavy atom. The number of carbonyl (C=O) groups is 1. The number of pyridine rings is 1. The molecular formula is C20H19ClF3N5O. The topological polar surface area (TPSA) is 63.1 Å². The Balaban J connectivity index is 1.49. The fourth-order valence-corrected chi connectivity index (χ4v) is 3.86. The van der Waals surface area contributed by atoms with Crippen molar-refractivity contribution in [2.75, 3.05) is 18.4 Å². The highest BCUT2D eigenvalue weighted by molar-refractivity contribution is 6.31. The summed E-state index contributed by atoms with van der Waals surface area (Å²) in [7, 11) is 0. The van der Waals surface area contributed by atoms with Gasteiger partial charge in [0.1, 0.15) is 5.52 Å². The first-order valence-corrected chi connectivity index (χ1v) is 9.84.